The lowest BCUT2D eigenvalue weighted by molar-refractivity contribution is -0.126. The Morgan fingerprint density at radius 1 is 1.75 bits per heavy atom. The minimum Gasteiger partial charge on any atom is -0.370 e. The van der Waals surface area contributed by atoms with Crippen molar-refractivity contribution < 1.29 is 9.59 Å². The van der Waals surface area contributed by atoms with E-state index in [0.29, 0.717) is 12.8 Å². The summed E-state index contributed by atoms with van der Waals surface area (Å²) in [4.78, 5) is 21.5. The quantitative estimate of drug-likeness (QED) is 0.601. The standard InChI is InChI=1S/C8H14N2O2/c1-5-6(4-7(9)11)2-3-8(12)10-5/h5-6H,2-4H2,1H3,(H2,9,11)(H,10,12)/t5-,6-/m1/s1. The van der Waals surface area contributed by atoms with Crippen molar-refractivity contribution in [2.45, 2.75) is 32.2 Å². The number of carbonyl (C=O) groups excluding carboxylic acids is 2. The molecule has 1 saturated heterocycles. The molecule has 1 aliphatic heterocycles. The molecule has 0 aromatic heterocycles. The van der Waals surface area contributed by atoms with Crippen molar-refractivity contribution in [1.82, 2.24) is 5.32 Å². The summed E-state index contributed by atoms with van der Waals surface area (Å²) < 4.78 is 0. The first-order valence-corrected chi connectivity index (χ1v) is 4.17. The van der Waals surface area contributed by atoms with Crippen LogP contribution in [0.25, 0.3) is 0 Å². The van der Waals surface area contributed by atoms with Crippen LogP contribution in [0.3, 0.4) is 0 Å². The van der Waals surface area contributed by atoms with Gasteiger partial charge < -0.3 is 11.1 Å². The fraction of sp³-hybridized carbons (Fsp3) is 0.750. The molecule has 1 rings (SSSR count). The lowest BCUT2D eigenvalue weighted by atomic mass is 9.89. The minimum atomic E-state index is -0.289. The first kappa shape index (κ1) is 9.03. The van der Waals surface area contributed by atoms with E-state index in [1.54, 1.807) is 0 Å². The van der Waals surface area contributed by atoms with Gasteiger partial charge in [0.15, 0.2) is 0 Å². The smallest absolute Gasteiger partial charge is 0.220 e. The third-order valence-corrected chi connectivity index (χ3v) is 2.30. The highest BCUT2D eigenvalue weighted by Crippen LogP contribution is 2.19. The lowest BCUT2D eigenvalue weighted by Crippen LogP contribution is -2.44. The van der Waals surface area contributed by atoms with Crippen LogP contribution in [0.5, 0.6) is 0 Å². The Hall–Kier alpha value is -1.06. The van der Waals surface area contributed by atoms with Crippen LogP contribution in [0.1, 0.15) is 26.2 Å². The molecule has 2 amide bonds. The van der Waals surface area contributed by atoms with Crippen LogP contribution in [0.15, 0.2) is 0 Å². The predicted octanol–water partition coefficient (Wildman–Crippen LogP) is -0.223. The van der Waals surface area contributed by atoms with Crippen molar-refractivity contribution in [1.29, 1.82) is 0 Å². The number of amides is 2. The predicted molar refractivity (Wildman–Crippen MR) is 44.1 cm³/mol. The Kier molecular flexibility index (Phi) is 2.68. The summed E-state index contributed by atoms with van der Waals surface area (Å²) in [5.41, 5.74) is 5.07. The molecule has 0 unspecified atom stereocenters. The first-order valence-electron chi connectivity index (χ1n) is 4.17. The van der Waals surface area contributed by atoms with Gasteiger partial charge in [-0.3, -0.25) is 9.59 Å². The van der Waals surface area contributed by atoms with Gasteiger partial charge in [0.1, 0.15) is 0 Å². The summed E-state index contributed by atoms with van der Waals surface area (Å²) in [5.74, 6) is 0.00594. The molecule has 68 valence electrons. The molecular formula is C8H14N2O2. The van der Waals surface area contributed by atoms with E-state index >= 15 is 0 Å². The molecule has 4 nitrogen and oxygen atoms in total. The van der Waals surface area contributed by atoms with Gasteiger partial charge in [-0.05, 0) is 19.3 Å². The zero-order valence-electron chi connectivity index (χ0n) is 7.17. The number of nitrogens with two attached hydrogens (primary N) is 1. The van der Waals surface area contributed by atoms with Crippen molar-refractivity contribution in [3.63, 3.8) is 0 Å². The van der Waals surface area contributed by atoms with Crippen LogP contribution in [-0.2, 0) is 9.59 Å². The van der Waals surface area contributed by atoms with Gasteiger partial charge in [-0.1, -0.05) is 0 Å². The van der Waals surface area contributed by atoms with Crippen molar-refractivity contribution in [3.8, 4) is 0 Å². The van der Waals surface area contributed by atoms with Crippen LogP contribution in [0, 0.1) is 5.92 Å². The molecular weight excluding hydrogens is 156 g/mol. The zero-order valence-corrected chi connectivity index (χ0v) is 7.17. The Morgan fingerprint density at radius 3 is 2.92 bits per heavy atom. The summed E-state index contributed by atoms with van der Waals surface area (Å²) in [6.07, 6.45) is 1.67. The molecule has 0 saturated carbocycles. The number of nitrogens with one attached hydrogen (secondary N) is 1. The summed E-state index contributed by atoms with van der Waals surface area (Å²) in [7, 11) is 0. The van der Waals surface area contributed by atoms with Gasteiger partial charge in [0.25, 0.3) is 0 Å². The second-order valence-electron chi connectivity index (χ2n) is 3.33. The van der Waals surface area contributed by atoms with E-state index in [1.165, 1.54) is 0 Å². The Bertz CT molecular complexity index is 203. The Morgan fingerprint density at radius 2 is 2.42 bits per heavy atom. The molecule has 1 aliphatic rings. The summed E-state index contributed by atoms with van der Waals surface area (Å²) in [5, 5.41) is 2.79. The van der Waals surface area contributed by atoms with E-state index in [0.717, 1.165) is 6.42 Å². The van der Waals surface area contributed by atoms with E-state index in [1.807, 2.05) is 6.92 Å². The molecule has 4 heteroatoms. The summed E-state index contributed by atoms with van der Waals surface area (Å²) >= 11 is 0. The van der Waals surface area contributed by atoms with Crippen LogP contribution >= 0.6 is 0 Å². The van der Waals surface area contributed by atoms with Crippen molar-refractivity contribution in [2.24, 2.45) is 11.7 Å². The van der Waals surface area contributed by atoms with Gasteiger partial charge in [-0.2, -0.15) is 0 Å². The summed E-state index contributed by atoms with van der Waals surface area (Å²) in [6, 6.07) is 0.0822. The average molecular weight is 170 g/mol. The van der Waals surface area contributed by atoms with E-state index in [2.05, 4.69) is 5.32 Å². The van der Waals surface area contributed by atoms with Crippen LogP contribution in [0.4, 0.5) is 0 Å². The number of hydrogen-bond donors (Lipinski definition) is 2. The maximum absolute atomic E-state index is 10.9. The normalized spacial score (nSPS) is 29.6. The Labute approximate surface area is 71.5 Å². The van der Waals surface area contributed by atoms with Crippen LogP contribution in [0.2, 0.25) is 0 Å². The summed E-state index contributed by atoms with van der Waals surface area (Å²) in [6.45, 7) is 1.91. The molecule has 0 spiro atoms. The largest absolute Gasteiger partial charge is 0.370 e. The molecule has 1 heterocycles. The number of carbonyl (C=O) groups is 2. The monoisotopic (exact) mass is 170 g/mol. The van der Waals surface area contributed by atoms with Crippen molar-refractivity contribution in [2.75, 3.05) is 0 Å². The molecule has 2 atom stereocenters. The van der Waals surface area contributed by atoms with Crippen LogP contribution in [-0.4, -0.2) is 17.9 Å². The third kappa shape index (κ3) is 2.22. The van der Waals surface area contributed by atoms with Crippen LogP contribution < -0.4 is 11.1 Å². The van der Waals surface area contributed by atoms with E-state index in [9.17, 15) is 9.59 Å². The molecule has 0 aliphatic carbocycles. The molecule has 12 heavy (non-hydrogen) atoms. The highest BCUT2D eigenvalue weighted by molar-refractivity contribution is 5.78. The van der Waals surface area contributed by atoms with Gasteiger partial charge in [-0.15, -0.1) is 0 Å². The average Bonchev–Trinajstić information content (AvgIpc) is 1.94. The molecule has 0 aromatic rings. The number of primary amides is 1. The van der Waals surface area contributed by atoms with E-state index in [4.69, 9.17) is 5.73 Å². The van der Waals surface area contributed by atoms with Crippen molar-refractivity contribution >= 4 is 11.8 Å². The second kappa shape index (κ2) is 3.56. The van der Waals surface area contributed by atoms with E-state index < -0.39 is 0 Å². The maximum Gasteiger partial charge on any atom is 0.220 e. The topological polar surface area (TPSA) is 72.2 Å². The van der Waals surface area contributed by atoms with Gasteiger partial charge in [0.05, 0.1) is 0 Å². The molecule has 3 N–H and O–H groups in total. The number of piperidine rings is 1. The zero-order chi connectivity index (χ0) is 9.14. The molecule has 0 radical (unpaired) electrons. The maximum atomic E-state index is 10.9. The molecule has 0 bridgehead atoms. The van der Waals surface area contributed by atoms with Gasteiger partial charge in [0, 0.05) is 18.9 Å². The van der Waals surface area contributed by atoms with Gasteiger partial charge >= 0.3 is 0 Å². The Balaban J connectivity index is 2.45. The minimum absolute atomic E-state index is 0.0724. The highest BCUT2D eigenvalue weighted by atomic mass is 16.2. The first-order chi connectivity index (χ1) is 5.59. The fourth-order valence-corrected chi connectivity index (χ4v) is 1.55. The molecule has 1 fully saturated rings. The SMILES string of the molecule is C[C@H]1NC(=O)CC[C@@H]1CC(N)=O. The fourth-order valence-electron chi connectivity index (χ4n) is 1.55. The molecule has 0 aromatic carbocycles. The lowest BCUT2D eigenvalue weighted by Gasteiger charge is -2.28. The van der Waals surface area contributed by atoms with Gasteiger partial charge in [0.2, 0.25) is 11.8 Å². The number of hydrogen-bond acceptors (Lipinski definition) is 2. The van der Waals surface area contributed by atoms with Gasteiger partial charge in [-0.25, -0.2) is 0 Å². The van der Waals surface area contributed by atoms with E-state index in [-0.39, 0.29) is 23.8 Å². The third-order valence-electron chi connectivity index (χ3n) is 2.30. The number of rotatable bonds is 2. The highest BCUT2D eigenvalue weighted by Gasteiger charge is 2.25. The second-order valence-corrected chi connectivity index (χ2v) is 3.33. The van der Waals surface area contributed by atoms with Crippen molar-refractivity contribution in [3.05, 3.63) is 0 Å².